The highest BCUT2D eigenvalue weighted by atomic mass is 35.5. The Morgan fingerprint density at radius 1 is 1.08 bits per heavy atom. The fraction of sp³-hybridized carbons (Fsp3) is 0.438. The molecule has 1 saturated carbocycles. The van der Waals surface area contributed by atoms with Crippen LogP contribution in [0.15, 0.2) is 48.7 Å². The number of aromatic nitrogens is 2. The van der Waals surface area contributed by atoms with Gasteiger partial charge in [0.2, 0.25) is 5.95 Å². The van der Waals surface area contributed by atoms with Crippen molar-refractivity contribution in [1.29, 1.82) is 0 Å². The van der Waals surface area contributed by atoms with Crippen LogP contribution in [0.2, 0.25) is 5.02 Å². The SMILES string of the molecule is C/C=C(\c1ccc(C)cc1CC)c1nc(Nc2cc(C3CC3)cc(C3CCN(CCO)CC3)c2)ncc1Cl. The number of likely N-dealkylation sites (tertiary alicyclic amines) is 1. The van der Waals surface area contributed by atoms with E-state index in [9.17, 15) is 5.11 Å². The van der Waals surface area contributed by atoms with E-state index < -0.39 is 0 Å². The number of allylic oxidation sites excluding steroid dienone is 1. The molecule has 1 aliphatic heterocycles. The number of anilines is 2. The number of nitrogens with zero attached hydrogens (tertiary/aromatic N) is 3. The van der Waals surface area contributed by atoms with E-state index in [-0.39, 0.29) is 6.61 Å². The van der Waals surface area contributed by atoms with Gasteiger partial charge in [0.05, 0.1) is 23.5 Å². The number of aryl methyl sites for hydroxylation is 2. The van der Waals surface area contributed by atoms with Crippen molar-refractivity contribution >= 4 is 28.8 Å². The van der Waals surface area contributed by atoms with Crippen molar-refractivity contribution < 1.29 is 5.11 Å². The first-order chi connectivity index (χ1) is 18.5. The summed E-state index contributed by atoms with van der Waals surface area (Å²) in [6.45, 7) is 9.43. The Balaban J connectivity index is 1.43. The quantitative estimate of drug-likeness (QED) is 0.305. The van der Waals surface area contributed by atoms with Gasteiger partial charge in [0.1, 0.15) is 0 Å². The molecule has 2 aliphatic rings. The van der Waals surface area contributed by atoms with Gasteiger partial charge in [-0.3, -0.25) is 0 Å². The van der Waals surface area contributed by atoms with E-state index >= 15 is 0 Å². The fourth-order valence-corrected chi connectivity index (χ4v) is 5.90. The molecule has 2 aromatic carbocycles. The van der Waals surface area contributed by atoms with Gasteiger partial charge >= 0.3 is 0 Å². The minimum atomic E-state index is 0.234. The normalized spacial score (nSPS) is 17.1. The molecule has 5 rings (SSSR count). The lowest BCUT2D eigenvalue weighted by Gasteiger charge is -2.32. The zero-order valence-corrected chi connectivity index (χ0v) is 23.6. The van der Waals surface area contributed by atoms with E-state index in [1.807, 2.05) is 6.92 Å². The Kier molecular flexibility index (Phi) is 8.47. The van der Waals surface area contributed by atoms with Gasteiger partial charge in [0, 0.05) is 17.8 Å². The summed E-state index contributed by atoms with van der Waals surface area (Å²) in [6.07, 6.45) is 9.51. The number of hydrogen-bond acceptors (Lipinski definition) is 5. The fourth-order valence-electron chi connectivity index (χ4n) is 5.71. The van der Waals surface area contributed by atoms with Crippen LogP contribution in [0.1, 0.15) is 84.9 Å². The van der Waals surface area contributed by atoms with Crippen molar-refractivity contribution in [2.45, 2.75) is 64.7 Å². The second-order valence-corrected chi connectivity index (χ2v) is 11.1. The summed E-state index contributed by atoms with van der Waals surface area (Å²) < 4.78 is 0. The number of aliphatic hydroxyl groups excluding tert-OH is 1. The van der Waals surface area contributed by atoms with Gasteiger partial charge in [0.25, 0.3) is 0 Å². The minimum Gasteiger partial charge on any atom is -0.395 e. The molecule has 0 amide bonds. The summed E-state index contributed by atoms with van der Waals surface area (Å²) in [7, 11) is 0. The Morgan fingerprint density at radius 2 is 1.79 bits per heavy atom. The van der Waals surface area contributed by atoms with Crippen molar-refractivity contribution in [2.75, 3.05) is 31.6 Å². The lowest BCUT2D eigenvalue weighted by atomic mass is 9.87. The van der Waals surface area contributed by atoms with Crippen LogP contribution in [0.25, 0.3) is 5.57 Å². The molecule has 0 atom stereocenters. The third kappa shape index (κ3) is 6.12. The maximum absolute atomic E-state index is 9.30. The first kappa shape index (κ1) is 26.9. The largest absolute Gasteiger partial charge is 0.395 e. The number of halogens is 1. The summed E-state index contributed by atoms with van der Waals surface area (Å²) in [5, 5.41) is 13.4. The topological polar surface area (TPSA) is 61.3 Å². The Bertz CT molecular complexity index is 1310. The van der Waals surface area contributed by atoms with Crippen LogP contribution in [-0.2, 0) is 6.42 Å². The number of benzene rings is 2. The van der Waals surface area contributed by atoms with Gasteiger partial charge < -0.3 is 15.3 Å². The van der Waals surface area contributed by atoms with Crippen LogP contribution in [-0.4, -0.2) is 46.2 Å². The molecule has 6 heteroatoms. The second-order valence-electron chi connectivity index (χ2n) is 10.7. The summed E-state index contributed by atoms with van der Waals surface area (Å²) in [5.41, 5.74) is 9.34. The molecule has 0 bridgehead atoms. The van der Waals surface area contributed by atoms with Crippen molar-refractivity contribution in [1.82, 2.24) is 14.9 Å². The van der Waals surface area contributed by atoms with Crippen LogP contribution >= 0.6 is 11.6 Å². The second kappa shape index (κ2) is 12.0. The first-order valence-corrected chi connectivity index (χ1v) is 14.4. The summed E-state index contributed by atoms with van der Waals surface area (Å²) in [5.74, 6) is 1.76. The van der Waals surface area contributed by atoms with Crippen molar-refractivity contribution in [2.24, 2.45) is 0 Å². The van der Waals surface area contributed by atoms with Crippen LogP contribution in [0.5, 0.6) is 0 Å². The lowest BCUT2D eigenvalue weighted by molar-refractivity contribution is 0.164. The molecule has 3 aromatic rings. The molecule has 0 spiro atoms. The Morgan fingerprint density at radius 3 is 2.42 bits per heavy atom. The van der Waals surface area contributed by atoms with Crippen molar-refractivity contribution in [3.05, 3.63) is 87.2 Å². The average molecular weight is 531 g/mol. The van der Waals surface area contributed by atoms with E-state index in [4.69, 9.17) is 16.6 Å². The highest BCUT2D eigenvalue weighted by Gasteiger charge is 2.27. The van der Waals surface area contributed by atoms with Gasteiger partial charge in [0.15, 0.2) is 0 Å². The summed E-state index contributed by atoms with van der Waals surface area (Å²) >= 11 is 6.67. The Hall–Kier alpha value is -2.73. The minimum absolute atomic E-state index is 0.234. The standard InChI is InChI=1S/C32H39ClN4O/c1-4-22-16-21(3)6-9-29(22)28(5-2)31-30(33)20-34-32(36-31)35-27-18-25(23-7-8-23)17-26(19-27)24-10-12-37(13-11-24)14-15-38/h5-6,9,16-20,23-24,38H,4,7-8,10-15H2,1-3H3,(H,34,35,36)/b28-5+. The number of nitrogens with one attached hydrogen (secondary N) is 1. The molecular formula is C32H39ClN4O. The molecule has 1 aromatic heterocycles. The number of β-amino-alcohol motifs (C(OH)–C–C–N with tert-alkyl or cyclic N) is 1. The lowest BCUT2D eigenvalue weighted by Crippen LogP contribution is -2.34. The van der Waals surface area contributed by atoms with Gasteiger partial charge in [-0.2, -0.15) is 0 Å². The predicted molar refractivity (Wildman–Crippen MR) is 158 cm³/mol. The van der Waals surface area contributed by atoms with Gasteiger partial charge in [-0.05, 0) is 105 Å². The smallest absolute Gasteiger partial charge is 0.227 e. The summed E-state index contributed by atoms with van der Waals surface area (Å²) in [6, 6.07) is 13.5. The molecule has 1 aliphatic carbocycles. The maximum Gasteiger partial charge on any atom is 0.227 e. The molecule has 200 valence electrons. The van der Waals surface area contributed by atoms with E-state index in [0.29, 0.717) is 22.8 Å². The monoisotopic (exact) mass is 530 g/mol. The molecule has 5 nitrogen and oxygen atoms in total. The maximum atomic E-state index is 9.30. The van der Waals surface area contributed by atoms with E-state index in [1.165, 1.54) is 35.1 Å². The average Bonchev–Trinajstić information content (AvgIpc) is 3.78. The zero-order chi connectivity index (χ0) is 26.6. The van der Waals surface area contributed by atoms with Gasteiger partial charge in [-0.15, -0.1) is 0 Å². The molecule has 2 heterocycles. The number of piperidine rings is 1. The van der Waals surface area contributed by atoms with Crippen molar-refractivity contribution in [3.8, 4) is 0 Å². The molecule has 0 unspecified atom stereocenters. The van der Waals surface area contributed by atoms with E-state index in [1.54, 1.807) is 6.20 Å². The van der Waals surface area contributed by atoms with Gasteiger partial charge in [-0.25, -0.2) is 9.97 Å². The molecule has 2 fully saturated rings. The molecule has 1 saturated heterocycles. The number of aliphatic hydroxyl groups is 1. The predicted octanol–water partition coefficient (Wildman–Crippen LogP) is 7.25. The molecule has 0 radical (unpaired) electrons. The van der Waals surface area contributed by atoms with E-state index in [0.717, 1.165) is 61.4 Å². The highest BCUT2D eigenvalue weighted by molar-refractivity contribution is 6.32. The molecular weight excluding hydrogens is 492 g/mol. The third-order valence-corrected chi connectivity index (χ3v) is 8.25. The number of hydrogen-bond donors (Lipinski definition) is 2. The van der Waals surface area contributed by atoms with E-state index in [2.05, 4.69) is 71.5 Å². The van der Waals surface area contributed by atoms with Crippen molar-refractivity contribution in [3.63, 3.8) is 0 Å². The van der Waals surface area contributed by atoms with Crippen LogP contribution in [0.3, 0.4) is 0 Å². The third-order valence-electron chi connectivity index (χ3n) is 7.98. The molecule has 38 heavy (non-hydrogen) atoms. The Labute approximate surface area is 232 Å². The van der Waals surface area contributed by atoms with Crippen LogP contribution in [0.4, 0.5) is 11.6 Å². The number of rotatable bonds is 9. The molecule has 2 N–H and O–H groups in total. The van der Waals surface area contributed by atoms with Gasteiger partial charge in [-0.1, -0.05) is 54.4 Å². The zero-order valence-electron chi connectivity index (χ0n) is 22.8. The first-order valence-electron chi connectivity index (χ1n) is 14.0. The highest BCUT2D eigenvalue weighted by Crippen LogP contribution is 2.43. The van der Waals surface area contributed by atoms with Crippen LogP contribution < -0.4 is 5.32 Å². The summed E-state index contributed by atoms with van der Waals surface area (Å²) in [4.78, 5) is 11.8. The van der Waals surface area contributed by atoms with Crippen LogP contribution in [0, 0.1) is 6.92 Å².